The number of aliphatic hydroxyl groups excluding tert-OH is 2. The van der Waals surface area contributed by atoms with Crippen LogP contribution >= 0.6 is 7.82 Å². The fourth-order valence-electron chi connectivity index (χ4n) is 4.58. The van der Waals surface area contributed by atoms with E-state index >= 15 is 0 Å². The summed E-state index contributed by atoms with van der Waals surface area (Å²) in [4.78, 5) is 34.6. The first-order valence-electron chi connectivity index (χ1n) is 17.0. The van der Waals surface area contributed by atoms with Crippen molar-refractivity contribution >= 4 is 19.8 Å². The van der Waals surface area contributed by atoms with Gasteiger partial charge in [0.15, 0.2) is 6.10 Å². The molecule has 0 bridgehead atoms. The third-order valence-electron chi connectivity index (χ3n) is 7.26. The molecule has 11 heteroatoms. The highest BCUT2D eigenvalue weighted by molar-refractivity contribution is 7.47. The number of esters is 2. The average molecular weight is 639 g/mol. The summed E-state index contributed by atoms with van der Waals surface area (Å²) in [5.41, 5.74) is 0. The van der Waals surface area contributed by atoms with Gasteiger partial charge in [0.1, 0.15) is 12.7 Å². The highest BCUT2D eigenvalue weighted by atomic mass is 31.2. The lowest BCUT2D eigenvalue weighted by molar-refractivity contribution is -0.161. The van der Waals surface area contributed by atoms with Crippen LogP contribution in [0, 0.1) is 0 Å². The van der Waals surface area contributed by atoms with E-state index in [1.165, 1.54) is 77.0 Å². The van der Waals surface area contributed by atoms with Crippen molar-refractivity contribution in [2.24, 2.45) is 0 Å². The molecule has 3 atom stereocenters. The van der Waals surface area contributed by atoms with Crippen LogP contribution < -0.4 is 0 Å². The Morgan fingerprint density at radius 1 is 0.605 bits per heavy atom. The van der Waals surface area contributed by atoms with Crippen LogP contribution in [0.5, 0.6) is 0 Å². The van der Waals surface area contributed by atoms with Crippen molar-refractivity contribution in [1.82, 2.24) is 0 Å². The molecule has 0 amide bonds. The second kappa shape index (κ2) is 29.7. The third-order valence-corrected chi connectivity index (χ3v) is 8.21. The normalized spacial score (nSPS) is 14.3. The summed E-state index contributed by atoms with van der Waals surface area (Å²) >= 11 is 0. The fourth-order valence-corrected chi connectivity index (χ4v) is 5.37. The molecule has 3 N–H and O–H groups in total. The fraction of sp³-hybridized carbons (Fsp3) is 0.938. The van der Waals surface area contributed by atoms with Crippen molar-refractivity contribution in [3.05, 3.63) is 0 Å². The second-order valence-electron chi connectivity index (χ2n) is 11.6. The molecule has 0 rings (SSSR count). The summed E-state index contributed by atoms with van der Waals surface area (Å²) in [5, 5.41) is 18.2. The van der Waals surface area contributed by atoms with E-state index in [0.29, 0.717) is 12.8 Å². The van der Waals surface area contributed by atoms with E-state index in [0.717, 1.165) is 38.5 Å². The van der Waals surface area contributed by atoms with E-state index in [9.17, 15) is 24.2 Å². The molecule has 0 heterocycles. The van der Waals surface area contributed by atoms with Gasteiger partial charge in [-0.05, 0) is 12.8 Å². The van der Waals surface area contributed by atoms with Gasteiger partial charge in [0.25, 0.3) is 0 Å². The van der Waals surface area contributed by atoms with Gasteiger partial charge in [0, 0.05) is 12.8 Å². The van der Waals surface area contributed by atoms with Gasteiger partial charge in [-0.2, -0.15) is 0 Å². The monoisotopic (exact) mass is 638 g/mol. The van der Waals surface area contributed by atoms with Crippen LogP contribution in [-0.4, -0.2) is 65.7 Å². The molecule has 0 aliphatic rings. The summed E-state index contributed by atoms with van der Waals surface area (Å²) in [7, 11) is -4.59. The molecule has 0 radical (unpaired) electrons. The molecule has 43 heavy (non-hydrogen) atoms. The van der Waals surface area contributed by atoms with Crippen LogP contribution in [-0.2, 0) is 32.7 Å². The van der Waals surface area contributed by atoms with Crippen molar-refractivity contribution in [3.63, 3.8) is 0 Å². The Hall–Kier alpha value is -1.03. The Bertz CT molecular complexity index is 706. The van der Waals surface area contributed by atoms with Crippen molar-refractivity contribution in [2.75, 3.05) is 26.4 Å². The van der Waals surface area contributed by atoms with E-state index in [1.54, 1.807) is 0 Å². The summed E-state index contributed by atoms with van der Waals surface area (Å²) in [6.07, 6.45) is 20.9. The van der Waals surface area contributed by atoms with Crippen LogP contribution in [0.15, 0.2) is 0 Å². The molecule has 3 unspecified atom stereocenters. The summed E-state index contributed by atoms with van der Waals surface area (Å²) in [6, 6.07) is 0. The molecule has 0 aliphatic carbocycles. The van der Waals surface area contributed by atoms with Crippen molar-refractivity contribution in [1.29, 1.82) is 0 Å². The maximum absolute atomic E-state index is 12.4. The van der Waals surface area contributed by atoms with Gasteiger partial charge in [-0.15, -0.1) is 0 Å². The Balaban J connectivity index is 4.42. The predicted octanol–water partition coefficient (Wildman–Crippen LogP) is 7.55. The SMILES string of the molecule is CCCCCCCCCCCCC(=O)OCC(COP(=O)(O)OCC(O)CO)OC(=O)CCCCCCCCCCCC. The number of rotatable bonds is 32. The van der Waals surface area contributed by atoms with Gasteiger partial charge >= 0.3 is 19.8 Å². The number of phosphoric acid groups is 1. The predicted molar refractivity (Wildman–Crippen MR) is 169 cm³/mol. The van der Waals surface area contributed by atoms with Crippen molar-refractivity contribution < 1.29 is 47.8 Å². The summed E-state index contributed by atoms with van der Waals surface area (Å²) in [6.45, 7) is 2.33. The number of aliphatic hydroxyl groups is 2. The maximum atomic E-state index is 12.4. The molecule has 0 spiro atoms. The van der Waals surface area contributed by atoms with Crippen molar-refractivity contribution in [2.45, 2.75) is 167 Å². The first-order valence-corrected chi connectivity index (χ1v) is 18.5. The first kappa shape index (κ1) is 42.0. The lowest BCUT2D eigenvalue weighted by Gasteiger charge is -2.20. The highest BCUT2D eigenvalue weighted by Gasteiger charge is 2.27. The number of unbranched alkanes of at least 4 members (excludes halogenated alkanes) is 18. The Morgan fingerprint density at radius 2 is 1.00 bits per heavy atom. The van der Waals surface area contributed by atoms with Crippen LogP contribution in [0.3, 0.4) is 0 Å². The van der Waals surface area contributed by atoms with Crippen LogP contribution in [0.4, 0.5) is 0 Å². The minimum absolute atomic E-state index is 0.190. The van der Waals surface area contributed by atoms with Gasteiger partial charge in [-0.25, -0.2) is 4.57 Å². The second-order valence-corrected chi connectivity index (χ2v) is 13.0. The van der Waals surface area contributed by atoms with Gasteiger partial charge < -0.3 is 24.6 Å². The molecular formula is C32H63O10P. The zero-order chi connectivity index (χ0) is 32.0. The van der Waals surface area contributed by atoms with E-state index < -0.39 is 51.8 Å². The van der Waals surface area contributed by atoms with E-state index in [4.69, 9.17) is 19.1 Å². The summed E-state index contributed by atoms with van der Waals surface area (Å²) in [5.74, 6) is -0.923. The minimum atomic E-state index is -4.59. The Morgan fingerprint density at radius 3 is 1.44 bits per heavy atom. The molecule has 0 aromatic rings. The van der Waals surface area contributed by atoms with Gasteiger partial charge in [0.2, 0.25) is 0 Å². The standard InChI is InChI=1S/C32H63O10P/c1-3-5-7-9-11-13-15-17-19-21-23-31(35)39-27-30(28-41-43(37,38)40-26-29(34)25-33)42-32(36)24-22-20-18-16-14-12-10-8-6-4-2/h29-30,33-34H,3-28H2,1-2H3,(H,37,38). The number of ether oxygens (including phenoxy) is 2. The Kier molecular flexibility index (Phi) is 29.0. The Labute approximate surface area is 261 Å². The van der Waals surface area contributed by atoms with Gasteiger partial charge in [0.05, 0.1) is 19.8 Å². The van der Waals surface area contributed by atoms with Gasteiger partial charge in [-0.1, -0.05) is 129 Å². The molecule has 0 aromatic carbocycles. The lowest BCUT2D eigenvalue weighted by atomic mass is 10.1. The van der Waals surface area contributed by atoms with E-state index in [2.05, 4.69) is 18.4 Å². The topological polar surface area (TPSA) is 149 Å². The van der Waals surface area contributed by atoms with E-state index in [-0.39, 0.29) is 19.4 Å². The molecular weight excluding hydrogens is 575 g/mol. The van der Waals surface area contributed by atoms with Gasteiger partial charge in [-0.3, -0.25) is 18.6 Å². The average Bonchev–Trinajstić information content (AvgIpc) is 2.99. The zero-order valence-corrected chi connectivity index (χ0v) is 28.1. The number of hydrogen-bond acceptors (Lipinski definition) is 9. The van der Waals surface area contributed by atoms with Crippen LogP contribution in [0.1, 0.15) is 155 Å². The third kappa shape index (κ3) is 29.4. The smallest absolute Gasteiger partial charge is 0.462 e. The molecule has 0 aromatic heterocycles. The largest absolute Gasteiger partial charge is 0.472 e. The number of carbonyl (C=O) groups excluding carboxylic acids is 2. The first-order chi connectivity index (χ1) is 20.7. The van der Waals surface area contributed by atoms with E-state index in [1.807, 2.05) is 0 Å². The maximum Gasteiger partial charge on any atom is 0.472 e. The molecule has 0 saturated carbocycles. The molecule has 0 saturated heterocycles. The van der Waals surface area contributed by atoms with Crippen LogP contribution in [0.25, 0.3) is 0 Å². The number of carbonyl (C=O) groups is 2. The highest BCUT2D eigenvalue weighted by Crippen LogP contribution is 2.43. The zero-order valence-electron chi connectivity index (χ0n) is 27.2. The minimum Gasteiger partial charge on any atom is -0.462 e. The summed E-state index contributed by atoms with van der Waals surface area (Å²) < 4.78 is 32.4. The molecule has 0 fully saturated rings. The molecule has 256 valence electrons. The van der Waals surface area contributed by atoms with Crippen LogP contribution in [0.2, 0.25) is 0 Å². The quantitative estimate of drug-likeness (QED) is 0.0383. The lowest BCUT2D eigenvalue weighted by Crippen LogP contribution is -2.29. The van der Waals surface area contributed by atoms with Crippen molar-refractivity contribution in [3.8, 4) is 0 Å². The molecule has 10 nitrogen and oxygen atoms in total. The number of phosphoric ester groups is 1. The number of hydrogen-bond donors (Lipinski definition) is 3. The molecule has 0 aliphatic heterocycles.